The summed E-state index contributed by atoms with van der Waals surface area (Å²) in [5.74, 6) is 0.0387. The molecule has 1 rings (SSSR count). The molecule has 1 aromatic rings. The molecule has 0 saturated carbocycles. The van der Waals surface area contributed by atoms with E-state index < -0.39 is 13.5 Å². The Bertz CT molecular complexity index is 433. The average Bonchev–Trinajstić information content (AvgIpc) is 2.26. The van der Waals surface area contributed by atoms with Crippen molar-refractivity contribution in [2.24, 2.45) is 0 Å². The summed E-state index contributed by atoms with van der Waals surface area (Å²) < 4.78 is 22.2. The third kappa shape index (κ3) is 5.84. The van der Waals surface area contributed by atoms with Crippen molar-refractivity contribution in [1.82, 2.24) is 5.09 Å². The van der Waals surface area contributed by atoms with E-state index in [1.54, 1.807) is 38.1 Å². The van der Waals surface area contributed by atoms with Gasteiger partial charge in [0.05, 0.1) is 6.10 Å². The summed E-state index contributed by atoms with van der Waals surface area (Å²) >= 11 is 0. The lowest BCUT2D eigenvalue weighted by Crippen LogP contribution is -2.25. The van der Waals surface area contributed by atoms with E-state index in [0.717, 1.165) is 0 Å². The standard InChI is InChI=1S/C12H18NO4P/c1-10(2)16-12(14)9-13-18(3,15)17-11-7-5-4-6-8-11/h4-8,10H,9H2,1-3H3,(H,13,15). The van der Waals surface area contributed by atoms with Crippen molar-refractivity contribution in [1.29, 1.82) is 0 Å². The molecule has 0 spiro atoms. The molecule has 0 aliphatic heterocycles. The predicted molar refractivity (Wildman–Crippen MR) is 69.8 cm³/mol. The fraction of sp³-hybridized carbons (Fsp3) is 0.417. The second-order valence-electron chi connectivity index (χ2n) is 4.12. The van der Waals surface area contributed by atoms with Crippen LogP contribution in [0, 0.1) is 0 Å². The Kier molecular flexibility index (Phi) is 5.38. The molecule has 0 amide bonds. The van der Waals surface area contributed by atoms with Gasteiger partial charge in [-0.15, -0.1) is 0 Å². The maximum atomic E-state index is 12.0. The van der Waals surface area contributed by atoms with Crippen LogP contribution >= 0.6 is 7.52 Å². The van der Waals surface area contributed by atoms with Gasteiger partial charge >= 0.3 is 13.5 Å². The molecule has 18 heavy (non-hydrogen) atoms. The van der Waals surface area contributed by atoms with E-state index in [1.807, 2.05) is 6.07 Å². The first-order valence-corrected chi connectivity index (χ1v) is 7.73. The van der Waals surface area contributed by atoms with Gasteiger partial charge in [0.2, 0.25) is 0 Å². The third-order valence-electron chi connectivity index (χ3n) is 1.90. The Labute approximate surface area is 107 Å². The molecular weight excluding hydrogens is 253 g/mol. The Morgan fingerprint density at radius 3 is 2.50 bits per heavy atom. The molecule has 0 aliphatic rings. The summed E-state index contributed by atoms with van der Waals surface area (Å²) in [6.45, 7) is 4.79. The maximum Gasteiger partial charge on any atom is 0.320 e. The summed E-state index contributed by atoms with van der Waals surface area (Å²) in [5.41, 5.74) is 0. The first-order chi connectivity index (χ1) is 8.39. The summed E-state index contributed by atoms with van der Waals surface area (Å²) in [6, 6.07) is 8.79. The number of benzene rings is 1. The number of hydrogen-bond donors (Lipinski definition) is 1. The van der Waals surface area contributed by atoms with Crippen LogP contribution in [0.4, 0.5) is 0 Å². The number of rotatable bonds is 6. The van der Waals surface area contributed by atoms with E-state index in [-0.39, 0.29) is 12.6 Å². The highest BCUT2D eigenvalue weighted by Crippen LogP contribution is 2.38. The molecule has 0 saturated heterocycles. The largest absolute Gasteiger partial charge is 0.462 e. The van der Waals surface area contributed by atoms with Crippen molar-refractivity contribution in [3.63, 3.8) is 0 Å². The van der Waals surface area contributed by atoms with Gasteiger partial charge in [-0.3, -0.25) is 9.36 Å². The zero-order valence-corrected chi connectivity index (χ0v) is 11.6. The second kappa shape index (κ2) is 6.57. The minimum absolute atomic E-state index is 0.140. The molecule has 0 aliphatic carbocycles. The minimum Gasteiger partial charge on any atom is -0.462 e. The maximum absolute atomic E-state index is 12.0. The zero-order valence-electron chi connectivity index (χ0n) is 10.8. The normalized spacial score (nSPS) is 14.0. The molecule has 6 heteroatoms. The monoisotopic (exact) mass is 271 g/mol. The van der Waals surface area contributed by atoms with Crippen LogP contribution in [0.15, 0.2) is 30.3 Å². The van der Waals surface area contributed by atoms with Crippen LogP contribution in [0.5, 0.6) is 5.75 Å². The molecule has 5 nitrogen and oxygen atoms in total. The van der Waals surface area contributed by atoms with Gasteiger partial charge in [0, 0.05) is 6.66 Å². The van der Waals surface area contributed by atoms with Gasteiger partial charge in [-0.1, -0.05) is 18.2 Å². The number of carbonyl (C=O) groups is 1. The van der Waals surface area contributed by atoms with E-state index in [1.165, 1.54) is 6.66 Å². The van der Waals surface area contributed by atoms with Gasteiger partial charge < -0.3 is 9.26 Å². The van der Waals surface area contributed by atoms with Gasteiger partial charge in [0.1, 0.15) is 12.3 Å². The third-order valence-corrected chi connectivity index (χ3v) is 3.19. The molecule has 0 heterocycles. The number of carbonyl (C=O) groups excluding carboxylic acids is 1. The summed E-state index contributed by atoms with van der Waals surface area (Å²) in [7, 11) is -3.06. The molecule has 1 aromatic carbocycles. The van der Waals surface area contributed by atoms with Crippen LogP contribution in [0.3, 0.4) is 0 Å². The molecular formula is C12H18NO4P. The second-order valence-corrected chi connectivity index (χ2v) is 6.31. The van der Waals surface area contributed by atoms with Crippen molar-refractivity contribution in [3.05, 3.63) is 30.3 Å². The number of hydrogen-bond acceptors (Lipinski definition) is 4. The highest BCUT2D eigenvalue weighted by Gasteiger charge is 2.19. The summed E-state index contributed by atoms with van der Waals surface area (Å²) in [6.07, 6.45) is -0.189. The molecule has 0 radical (unpaired) electrons. The average molecular weight is 271 g/mol. The van der Waals surface area contributed by atoms with Gasteiger partial charge in [0.25, 0.3) is 0 Å². The Morgan fingerprint density at radius 1 is 1.33 bits per heavy atom. The lowest BCUT2D eigenvalue weighted by molar-refractivity contribution is -0.145. The van der Waals surface area contributed by atoms with Crippen molar-refractivity contribution >= 4 is 13.5 Å². The predicted octanol–water partition coefficient (Wildman–Crippen LogP) is 2.43. The van der Waals surface area contributed by atoms with E-state index >= 15 is 0 Å². The fourth-order valence-corrected chi connectivity index (χ4v) is 2.23. The Hall–Kier alpha value is -1.32. The molecule has 100 valence electrons. The van der Waals surface area contributed by atoms with E-state index in [4.69, 9.17) is 9.26 Å². The zero-order chi connectivity index (χ0) is 13.6. The molecule has 1 unspecified atom stereocenters. The van der Waals surface area contributed by atoms with Crippen LogP contribution in [0.2, 0.25) is 0 Å². The quantitative estimate of drug-likeness (QED) is 0.636. The van der Waals surface area contributed by atoms with Gasteiger partial charge in [-0.05, 0) is 26.0 Å². The molecule has 0 fully saturated rings. The van der Waals surface area contributed by atoms with Gasteiger partial charge in [0.15, 0.2) is 0 Å². The molecule has 0 aromatic heterocycles. The van der Waals surface area contributed by atoms with Gasteiger partial charge in [-0.25, -0.2) is 5.09 Å². The first-order valence-electron chi connectivity index (χ1n) is 5.66. The van der Waals surface area contributed by atoms with Crippen molar-refractivity contribution in [2.45, 2.75) is 20.0 Å². The SMILES string of the molecule is CC(C)OC(=O)CNP(C)(=O)Oc1ccccc1. The van der Waals surface area contributed by atoms with Crippen LogP contribution in [0.1, 0.15) is 13.8 Å². The van der Waals surface area contributed by atoms with Crippen LogP contribution in [-0.4, -0.2) is 25.3 Å². The summed E-state index contributed by atoms with van der Waals surface area (Å²) in [5, 5.41) is 2.57. The van der Waals surface area contributed by atoms with E-state index in [2.05, 4.69) is 5.09 Å². The minimum atomic E-state index is -3.06. The topological polar surface area (TPSA) is 64.6 Å². The van der Waals surface area contributed by atoms with Crippen molar-refractivity contribution in [2.75, 3.05) is 13.2 Å². The molecule has 1 atom stereocenters. The number of ether oxygens (including phenoxy) is 1. The van der Waals surface area contributed by atoms with Crippen LogP contribution < -0.4 is 9.61 Å². The van der Waals surface area contributed by atoms with Crippen LogP contribution in [0.25, 0.3) is 0 Å². The van der Waals surface area contributed by atoms with E-state index in [9.17, 15) is 9.36 Å². The lowest BCUT2D eigenvalue weighted by Gasteiger charge is -2.16. The Morgan fingerprint density at radius 2 is 1.94 bits per heavy atom. The van der Waals surface area contributed by atoms with Gasteiger partial charge in [-0.2, -0.15) is 0 Å². The number of esters is 1. The van der Waals surface area contributed by atoms with E-state index in [0.29, 0.717) is 5.75 Å². The number of nitrogens with one attached hydrogen (secondary N) is 1. The van der Waals surface area contributed by atoms with Crippen molar-refractivity contribution in [3.8, 4) is 5.75 Å². The Balaban J connectivity index is 2.45. The van der Waals surface area contributed by atoms with Crippen LogP contribution in [-0.2, 0) is 14.1 Å². The molecule has 1 N–H and O–H groups in total. The lowest BCUT2D eigenvalue weighted by atomic mass is 10.3. The van der Waals surface area contributed by atoms with Crippen molar-refractivity contribution < 1.29 is 18.6 Å². The number of para-hydroxylation sites is 1. The fourth-order valence-electron chi connectivity index (χ4n) is 1.23. The first kappa shape index (κ1) is 14.7. The highest BCUT2D eigenvalue weighted by atomic mass is 31.2. The highest BCUT2D eigenvalue weighted by molar-refractivity contribution is 7.56. The smallest absolute Gasteiger partial charge is 0.320 e. The molecule has 0 bridgehead atoms. The summed E-state index contributed by atoms with van der Waals surface area (Å²) in [4.78, 5) is 11.3.